The second kappa shape index (κ2) is 8.68. The summed E-state index contributed by atoms with van der Waals surface area (Å²) in [4.78, 5) is 16.4. The summed E-state index contributed by atoms with van der Waals surface area (Å²) in [5.74, 6) is -1.70. The summed E-state index contributed by atoms with van der Waals surface area (Å²) in [5, 5.41) is 10.3. The molecule has 30 heavy (non-hydrogen) atoms. The van der Waals surface area contributed by atoms with Crippen LogP contribution in [-0.2, 0) is 21.4 Å². The largest absolute Gasteiger partial charge is 0.506 e. The minimum Gasteiger partial charge on any atom is -0.506 e. The number of amides is 1. The van der Waals surface area contributed by atoms with Crippen LogP contribution in [0.2, 0.25) is 0 Å². The van der Waals surface area contributed by atoms with E-state index in [1.54, 1.807) is 4.72 Å². The van der Waals surface area contributed by atoms with Crippen molar-refractivity contribution in [2.45, 2.75) is 32.1 Å². The number of benzene rings is 1. The van der Waals surface area contributed by atoms with E-state index >= 15 is 0 Å². The fourth-order valence-electron chi connectivity index (χ4n) is 4.73. The maximum atomic E-state index is 14.7. The first-order valence-corrected chi connectivity index (χ1v) is 12.1. The Hall–Kier alpha value is -1.91. The molecule has 1 aromatic carbocycles. The normalized spacial score (nSPS) is 25.0. The van der Waals surface area contributed by atoms with Crippen LogP contribution in [0.25, 0.3) is 0 Å². The van der Waals surface area contributed by atoms with Gasteiger partial charge in [-0.05, 0) is 68.9 Å². The Labute approximate surface area is 176 Å². The van der Waals surface area contributed by atoms with Crippen LogP contribution in [0.15, 0.2) is 12.1 Å². The molecular weight excluding hydrogens is 411 g/mol. The summed E-state index contributed by atoms with van der Waals surface area (Å²) >= 11 is 0. The van der Waals surface area contributed by atoms with Gasteiger partial charge < -0.3 is 14.9 Å². The summed E-state index contributed by atoms with van der Waals surface area (Å²) in [7, 11) is -4.17. The first-order valence-electron chi connectivity index (χ1n) is 10.6. The van der Waals surface area contributed by atoms with Crippen LogP contribution in [0, 0.1) is 11.7 Å². The summed E-state index contributed by atoms with van der Waals surface area (Å²) in [6, 6.07) is 2.68. The van der Waals surface area contributed by atoms with E-state index in [9.17, 15) is 22.7 Å². The van der Waals surface area contributed by atoms with Gasteiger partial charge in [-0.1, -0.05) is 6.42 Å². The van der Waals surface area contributed by atoms with Crippen molar-refractivity contribution in [3.63, 3.8) is 0 Å². The summed E-state index contributed by atoms with van der Waals surface area (Å²) in [6.07, 6.45) is 5.55. The molecule has 1 amide bonds. The van der Waals surface area contributed by atoms with Gasteiger partial charge >= 0.3 is 10.2 Å². The van der Waals surface area contributed by atoms with Gasteiger partial charge in [0, 0.05) is 19.6 Å². The fraction of sp³-hybridized carbons (Fsp3) is 0.650. The highest BCUT2D eigenvalue weighted by atomic mass is 32.2. The van der Waals surface area contributed by atoms with Crippen molar-refractivity contribution in [1.29, 1.82) is 0 Å². The van der Waals surface area contributed by atoms with Gasteiger partial charge in [-0.3, -0.25) is 4.79 Å². The third-order valence-corrected chi connectivity index (χ3v) is 7.63. The standard InChI is InChI=1S/C20H29FN4O4S/c21-17-11-16(12-18(26)20(17)25-14-19(27)22-30(25,28)29)10-15-4-7-24(13-15)9-8-23-5-2-1-3-6-23/h11-12,15,26H,1-10,13-14H2,(H,22,27). The van der Waals surface area contributed by atoms with Crippen LogP contribution < -0.4 is 9.03 Å². The van der Waals surface area contributed by atoms with Crippen molar-refractivity contribution in [1.82, 2.24) is 14.5 Å². The molecule has 0 spiro atoms. The van der Waals surface area contributed by atoms with E-state index in [1.165, 1.54) is 44.5 Å². The van der Waals surface area contributed by atoms with Crippen molar-refractivity contribution >= 4 is 21.8 Å². The maximum absolute atomic E-state index is 14.7. The number of phenols is 1. The number of hydrogen-bond acceptors (Lipinski definition) is 6. The molecule has 1 aromatic rings. The van der Waals surface area contributed by atoms with Crippen molar-refractivity contribution in [2.75, 3.05) is 50.1 Å². The van der Waals surface area contributed by atoms with Gasteiger partial charge in [-0.25, -0.2) is 13.4 Å². The number of carbonyl (C=O) groups excluding carboxylic acids is 1. The molecular formula is C20H29FN4O4S. The molecule has 10 heteroatoms. The average Bonchev–Trinajstić information content (AvgIpc) is 3.23. The van der Waals surface area contributed by atoms with Crippen LogP contribution >= 0.6 is 0 Å². The molecule has 166 valence electrons. The predicted octanol–water partition coefficient (Wildman–Crippen LogP) is 1.06. The quantitative estimate of drug-likeness (QED) is 0.687. The molecule has 0 aromatic heterocycles. The number of carbonyl (C=O) groups is 1. The lowest BCUT2D eigenvalue weighted by Crippen LogP contribution is -2.37. The third kappa shape index (κ3) is 4.70. The van der Waals surface area contributed by atoms with Crippen LogP contribution in [-0.4, -0.2) is 75.0 Å². The maximum Gasteiger partial charge on any atom is 0.326 e. The first kappa shape index (κ1) is 21.3. The lowest BCUT2D eigenvalue weighted by Gasteiger charge is -2.28. The van der Waals surface area contributed by atoms with E-state index in [0.717, 1.165) is 32.6 Å². The molecule has 3 aliphatic rings. The summed E-state index contributed by atoms with van der Waals surface area (Å²) in [5.41, 5.74) is 0.152. The Kier molecular flexibility index (Phi) is 6.17. The minimum absolute atomic E-state index is 0.370. The molecule has 4 rings (SSSR count). The SMILES string of the molecule is O=C1CN(c2c(O)cc(CC3CCN(CCN4CCCCC4)C3)cc2F)S(=O)(=O)N1. The molecule has 0 aliphatic carbocycles. The Balaban J connectivity index is 1.36. The lowest BCUT2D eigenvalue weighted by molar-refractivity contribution is -0.117. The van der Waals surface area contributed by atoms with Crippen molar-refractivity contribution in [3.8, 4) is 5.75 Å². The molecule has 1 unspecified atom stereocenters. The molecule has 0 bridgehead atoms. The molecule has 0 radical (unpaired) electrons. The lowest BCUT2D eigenvalue weighted by atomic mass is 9.98. The second-order valence-corrected chi connectivity index (χ2v) is 10.1. The Bertz CT molecular complexity index is 881. The molecule has 1 atom stereocenters. The Morgan fingerprint density at radius 1 is 1.10 bits per heavy atom. The van der Waals surface area contributed by atoms with Crippen LogP contribution in [0.1, 0.15) is 31.2 Å². The first-order chi connectivity index (χ1) is 14.3. The van der Waals surface area contributed by atoms with Crippen LogP contribution in [0.5, 0.6) is 5.75 Å². The molecule has 0 saturated carbocycles. The number of rotatable bonds is 6. The number of piperidine rings is 1. The van der Waals surface area contributed by atoms with Crippen LogP contribution in [0.4, 0.5) is 10.1 Å². The van der Waals surface area contributed by atoms with Gasteiger partial charge in [0.15, 0.2) is 5.82 Å². The molecule has 3 fully saturated rings. The highest BCUT2D eigenvalue weighted by Crippen LogP contribution is 2.35. The van der Waals surface area contributed by atoms with Gasteiger partial charge in [0.05, 0.1) is 0 Å². The van der Waals surface area contributed by atoms with Crippen molar-refractivity contribution < 1.29 is 22.7 Å². The predicted molar refractivity (Wildman–Crippen MR) is 111 cm³/mol. The number of halogens is 1. The van der Waals surface area contributed by atoms with E-state index in [0.29, 0.717) is 22.2 Å². The smallest absolute Gasteiger partial charge is 0.326 e. The molecule has 3 aliphatic heterocycles. The zero-order valence-electron chi connectivity index (χ0n) is 17.0. The number of hydrogen-bond donors (Lipinski definition) is 2. The zero-order chi connectivity index (χ0) is 21.3. The van der Waals surface area contributed by atoms with Crippen molar-refractivity contribution in [3.05, 3.63) is 23.5 Å². The summed E-state index contributed by atoms with van der Waals surface area (Å²) in [6.45, 7) is 5.94. The highest BCUT2D eigenvalue weighted by molar-refractivity contribution is 7.92. The molecule has 3 heterocycles. The van der Waals surface area contributed by atoms with Gasteiger partial charge in [0.25, 0.3) is 5.91 Å². The monoisotopic (exact) mass is 440 g/mol. The minimum atomic E-state index is -4.17. The molecule has 3 saturated heterocycles. The molecule has 8 nitrogen and oxygen atoms in total. The Morgan fingerprint density at radius 3 is 2.50 bits per heavy atom. The van der Waals surface area contributed by atoms with E-state index in [4.69, 9.17) is 0 Å². The van der Waals surface area contributed by atoms with Gasteiger partial charge in [-0.2, -0.15) is 8.42 Å². The topological polar surface area (TPSA) is 93.2 Å². The third-order valence-electron chi connectivity index (χ3n) is 6.25. The van der Waals surface area contributed by atoms with E-state index in [-0.39, 0.29) is 0 Å². The van der Waals surface area contributed by atoms with Gasteiger partial charge in [0.2, 0.25) is 0 Å². The fourth-order valence-corrected chi connectivity index (χ4v) is 5.90. The number of phenolic OH excluding ortho intramolecular Hbond substituents is 1. The van der Waals surface area contributed by atoms with E-state index in [1.807, 2.05) is 0 Å². The number of aromatic hydroxyl groups is 1. The second-order valence-electron chi connectivity index (χ2n) is 8.54. The zero-order valence-corrected chi connectivity index (χ0v) is 17.8. The van der Waals surface area contributed by atoms with Gasteiger partial charge in [0.1, 0.15) is 18.0 Å². The number of nitrogens with zero attached hydrogens (tertiary/aromatic N) is 3. The van der Waals surface area contributed by atoms with E-state index < -0.39 is 39.9 Å². The van der Waals surface area contributed by atoms with Gasteiger partial charge in [-0.15, -0.1) is 0 Å². The highest BCUT2D eigenvalue weighted by Gasteiger charge is 2.37. The number of anilines is 1. The number of likely N-dealkylation sites (tertiary alicyclic amines) is 2. The van der Waals surface area contributed by atoms with Crippen LogP contribution in [0.3, 0.4) is 0 Å². The molecule has 2 N–H and O–H groups in total. The Morgan fingerprint density at radius 2 is 1.83 bits per heavy atom. The summed E-state index contributed by atoms with van der Waals surface area (Å²) < 4.78 is 41.0. The van der Waals surface area contributed by atoms with Crippen molar-refractivity contribution in [2.24, 2.45) is 5.92 Å². The average molecular weight is 441 g/mol. The number of nitrogens with one attached hydrogen (secondary N) is 1. The van der Waals surface area contributed by atoms with E-state index in [2.05, 4.69) is 9.80 Å².